The van der Waals surface area contributed by atoms with E-state index in [1.807, 2.05) is 24.4 Å². The third-order valence-corrected chi connectivity index (χ3v) is 4.36. The molecule has 0 saturated carbocycles. The van der Waals surface area contributed by atoms with Crippen LogP contribution in [0.25, 0.3) is 0 Å². The van der Waals surface area contributed by atoms with Crippen molar-refractivity contribution in [2.45, 2.75) is 19.3 Å². The maximum atomic E-state index is 6.29. The fourth-order valence-corrected chi connectivity index (χ4v) is 3.21. The van der Waals surface area contributed by atoms with Gasteiger partial charge in [-0.2, -0.15) is 0 Å². The largest absolute Gasteiger partial charge is 0.493 e. The van der Waals surface area contributed by atoms with E-state index in [1.54, 1.807) is 24.6 Å². The van der Waals surface area contributed by atoms with Crippen LogP contribution in [0.4, 0.5) is 0 Å². The average Bonchev–Trinajstić information content (AvgIpc) is 3.01. The van der Waals surface area contributed by atoms with Gasteiger partial charge in [-0.05, 0) is 31.0 Å². The highest BCUT2D eigenvalue weighted by Crippen LogP contribution is 2.37. The van der Waals surface area contributed by atoms with Crippen molar-refractivity contribution in [3.63, 3.8) is 0 Å². The number of aromatic nitrogens is 1. The predicted molar refractivity (Wildman–Crippen MR) is 86.8 cm³/mol. The lowest BCUT2D eigenvalue weighted by atomic mass is 9.99. The number of hydrogen-bond donors (Lipinski definition) is 1. The number of ether oxygens (including phenoxy) is 2. The summed E-state index contributed by atoms with van der Waals surface area (Å²) in [5.74, 6) is 1.42. The Morgan fingerprint density at radius 3 is 2.81 bits per heavy atom. The van der Waals surface area contributed by atoms with Crippen LogP contribution in [0.2, 0.25) is 5.02 Å². The van der Waals surface area contributed by atoms with Crippen LogP contribution >= 0.6 is 22.9 Å². The monoisotopic (exact) mass is 326 g/mol. The fraction of sp³-hybridized carbons (Fsp3) is 0.400. The van der Waals surface area contributed by atoms with Gasteiger partial charge >= 0.3 is 0 Å². The van der Waals surface area contributed by atoms with Crippen molar-refractivity contribution in [1.29, 1.82) is 0 Å². The summed E-state index contributed by atoms with van der Waals surface area (Å²) >= 11 is 7.91. The molecule has 0 aliphatic rings. The highest BCUT2D eigenvalue weighted by atomic mass is 35.5. The first-order valence-electron chi connectivity index (χ1n) is 6.78. The Bertz CT molecular complexity index is 575. The predicted octanol–water partition coefficient (Wildman–Crippen LogP) is 3.49. The van der Waals surface area contributed by atoms with E-state index in [0.29, 0.717) is 29.7 Å². The summed E-state index contributed by atoms with van der Waals surface area (Å²) in [6.07, 6.45) is 2.57. The molecule has 0 spiro atoms. The van der Waals surface area contributed by atoms with Crippen LogP contribution in [0.1, 0.15) is 23.4 Å². The lowest BCUT2D eigenvalue weighted by Crippen LogP contribution is -2.15. The topological polar surface area (TPSA) is 57.4 Å². The number of rotatable bonds is 7. The molecule has 0 bridgehead atoms. The van der Waals surface area contributed by atoms with Crippen molar-refractivity contribution in [2.24, 2.45) is 5.73 Å². The Hall–Kier alpha value is -1.30. The van der Waals surface area contributed by atoms with Gasteiger partial charge in [0.05, 0.1) is 23.7 Å². The lowest BCUT2D eigenvalue weighted by Gasteiger charge is -2.16. The third kappa shape index (κ3) is 3.87. The molecule has 114 valence electrons. The Morgan fingerprint density at radius 2 is 2.24 bits per heavy atom. The number of thiazole rings is 1. The van der Waals surface area contributed by atoms with Crippen LogP contribution in [0.15, 0.2) is 23.7 Å². The normalized spacial score (nSPS) is 12.2. The fourth-order valence-electron chi connectivity index (χ4n) is 2.17. The molecule has 0 aliphatic carbocycles. The molecule has 2 N–H and O–H groups in total. The zero-order valence-electron chi connectivity index (χ0n) is 12.1. The van der Waals surface area contributed by atoms with E-state index in [9.17, 15) is 0 Å². The molecule has 1 aromatic heterocycles. The standard InChI is InChI=1S/C15H19ClN2O2S/c1-3-20-14-12(16)7-10(8-13(14)19-2)6-11(9-17)15-18-4-5-21-15/h4-5,7-8,11H,3,6,9,17H2,1-2H3. The number of nitrogens with zero attached hydrogens (tertiary/aromatic N) is 1. The molecule has 1 unspecified atom stereocenters. The van der Waals surface area contributed by atoms with E-state index >= 15 is 0 Å². The van der Waals surface area contributed by atoms with Crippen LogP contribution in [-0.2, 0) is 6.42 Å². The van der Waals surface area contributed by atoms with E-state index < -0.39 is 0 Å². The number of halogens is 1. The molecular weight excluding hydrogens is 308 g/mol. The number of hydrogen-bond acceptors (Lipinski definition) is 5. The smallest absolute Gasteiger partial charge is 0.179 e. The van der Waals surface area contributed by atoms with Crippen LogP contribution in [-0.4, -0.2) is 25.2 Å². The van der Waals surface area contributed by atoms with Gasteiger partial charge in [-0.25, -0.2) is 4.98 Å². The maximum Gasteiger partial charge on any atom is 0.179 e. The summed E-state index contributed by atoms with van der Waals surface area (Å²) in [7, 11) is 1.61. The molecular formula is C15H19ClN2O2S. The molecule has 1 aromatic carbocycles. The Balaban J connectivity index is 2.26. The van der Waals surface area contributed by atoms with Crippen LogP contribution in [0, 0.1) is 0 Å². The third-order valence-electron chi connectivity index (χ3n) is 3.15. The zero-order chi connectivity index (χ0) is 15.2. The molecule has 21 heavy (non-hydrogen) atoms. The lowest BCUT2D eigenvalue weighted by molar-refractivity contribution is 0.311. The van der Waals surface area contributed by atoms with Crippen LogP contribution in [0.5, 0.6) is 11.5 Å². The summed E-state index contributed by atoms with van der Waals surface area (Å²) < 4.78 is 10.9. The Kier molecular flexibility index (Phi) is 5.85. The van der Waals surface area contributed by atoms with Gasteiger partial charge in [0.1, 0.15) is 0 Å². The second-order valence-electron chi connectivity index (χ2n) is 4.55. The molecule has 1 atom stereocenters. The molecule has 0 radical (unpaired) electrons. The Labute approximate surface area is 133 Å². The first-order valence-corrected chi connectivity index (χ1v) is 8.04. The van der Waals surface area contributed by atoms with Gasteiger partial charge in [0.25, 0.3) is 0 Å². The first kappa shape index (κ1) is 16.1. The first-order chi connectivity index (χ1) is 10.2. The van der Waals surface area contributed by atoms with Crippen LogP contribution in [0.3, 0.4) is 0 Å². The average molecular weight is 327 g/mol. The van der Waals surface area contributed by atoms with Gasteiger partial charge in [-0.1, -0.05) is 11.6 Å². The molecule has 0 fully saturated rings. The molecule has 2 rings (SSSR count). The van der Waals surface area contributed by atoms with Crippen molar-refractivity contribution in [2.75, 3.05) is 20.3 Å². The number of methoxy groups -OCH3 is 1. The molecule has 0 amide bonds. The molecule has 0 aliphatic heterocycles. The van der Waals surface area contributed by atoms with Gasteiger partial charge in [-0.3, -0.25) is 0 Å². The van der Waals surface area contributed by atoms with E-state index in [-0.39, 0.29) is 5.92 Å². The quantitative estimate of drug-likeness (QED) is 0.846. The Morgan fingerprint density at radius 1 is 1.43 bits per heavy atom. The molecule has 2 aromatic rings. The van der Waals surface area contributed by atoms with E-state index in [1.165, 1.54) is 0 Å². The zero-order valence-corrected chi connectivity index (χ0v) is 13.7. The second kappa shape index (κ2) is 7.64. The van der Waals surface area contributed by atoms with Gasteiger partial charge in [0, 0.05) is 24.0 Å². The minimum atomic E-state index is 0.184. The van der Waals surface area contributed by atoms with Gasteiger partial charge in [-0.15, -0.1) is 11.3 Å². The molecule has 0 saturated heterocycles. The summed E-state index contributed by atoms with van der Waals surface area (Å²) in [6, 6.07) is 3.86. The summed E-state index contributed by atoms with van der Waals surface area (Å²) in [6.45, 7) is 3.00. The van der Waals surface area contributed by atoms with Crippen molar-refractivity contribution < 1.29 is 9.47 Å². The second-order valence-corrected chi connectivity index (χ2v) is 5.88. The van der Waals surface area contributed by atoms with Gasteiger partial charge in [0.15, 0.2) is 11.5 Å². The SMILES string of the molecule is CCOc1c(Cl)cc(CC(CN)c2nccs2)cc1OC. The molecule has 1 heterocycles. The minimum Gasteiger partial charge on any atom is -0.493 e. The summed E-state index contributed by atoms with van der Waals surface area (Å²) in [4.78, 5) is 4.35. The van der Waals surface area contributed by atoms with Crippen molar-refractivity contribution in [3.05, 3.63) is 39.3 Å². The van der Waals surface area contributed by atoms with E-state index in [2.05, 4.69) is 4.98 Å². The number of benzene rings is 1. The van der Waals surface area contributed by atoms with Crippen LogP contribution < -0.4 is 15.2 Å². The minimum absolute atomic E-state index is 0.184. The molecule has 6 heteroatoms. The van der Waals surface area contributed by atoms with Gasteiger partial charge in [0.2, 0.25) is 0 Å². The highest BCUT2D eigenvalue weighted by molar-refractivity contribution is 7.09. The van der Waals surface area contributed by atoms with Crippen molar-refractivity contribution in [3.8, 4) is 11.5 Å². The molecule has 4 nitrogen and oxygen atoms in total. The van der Waals surface area contributed by atoms with Crippen molar-refractivity contribution >= 4 is 22.9 Å². The highest BCUT2D eigenvalue weighted by Gasteiger charge is 2.17. The van der Waals surface area contributed by atoms with E-state index in [4.69, 9.17) is 26.8 Å². The number of nitrogens with two attached hydrogens (primary N) is 1. The summed E-state index contributed by atoms with van der Waals surface area (Å²) in [5, 5.41) is 3.56. The summed E-state index contributed by atoms with van der Waals surface area (Å²) in [5.41, 5.74) is 6.94. The van der Waals surface area contributed by atoms with Gasteiger partial charge < -0.3 is 15.2 Å². The maximum absolute atomic E-state index is 6.29. The van der Waals surface area contributed by atoms with Crippen molar-refractivity contribution in [1.82, 2.24) is 4.98 Å². The van der Waals surface area contributed by atoms with E-state index in [0.717, 1.165) is 17.0 Å².